The van der Waals surface area contributed by atoms with Crippen LogP contribution in [0.5, 0.6) is 0 Å². The van der Waals surface area contributed by atoms with Gasteiger partial charge in [-0.05, 0) is 28.8 Å². The monoisotopic (exact) mass is 261 g/mol. The van der Waals surface area contributed by atoms with Crippen LogP contribution in [0, 0.1) is 0 Å². The highest BCUT2D eigenvalue weighted by Gasteiger charge is 2.48. The average molecular weight is 262 g/mol. The first-order valence-electron chi connectivity index (χ1n) is 3.96. The minimum absolute atomic E-state index is 0.136. The first kappa shape index (κ1) is 9.15. The molecule has 1 aromatic heterocycles. The lowest BCUT2D eigenvalue weighted by atomic mass is 10.0. The molecule has 1 N–H and O–H groups in total. The largest absolute Gasteiger partial charge is 0.481 e. The first-order chi connectivity index (χ1) is 6.12. The molecule has 0 unspecified atom stereocenters. The summed E-state index contributed by atoms with van der Waals surface area (Å²) in [5, 5.41) is 9.68. The van der Waals surface area contributed by atoms with Crippen molar-refractivity contribution in [1.29, 1.82) is 0 Å². The maximum Gasteiger partial charge on any atom is 0.304 e. The predicted octanol–water partition coefficient (Wildman–Crippen LogP) is 2.41. The molecule has 70 valence electrons. The maximum absolute atomic E-state index is 10.6. The Bertz CT molecular complexity index is 346. The number of hydrogen-bond acceptors (Lipinski definition) is 3. The van der Waals surface area contributed by atoms with E-state index >= 15 is 0 Å². The van der Waals surface area contributed by atoms with E-state index in [1.165, 1.54) is 0 Å². The Hall–Kier alpha value is -0.420. The quantitative estimate of drug-likeness (QED) is 0.910. The molecule has 1 aliphatic rings. The van der Waals surface area contributed by atoms with Gasteiger partial charge >= 0.3 is 5.97 Å². The zero-order valence-electron chi connectivity index (χ0n) is 6.79. The molecule has 0 aliphatic heterocycles. The highest BCUT2D eigenvalue weighted by molar-refractivity contribution is 9.11. The fourth-order valence-electron chi connectivity index (χ4n) is 1.41. The number of carbonyl (C=O) groups is 1. The van der Waals surface area contributed by atoms with E-state index in [-0.39, 0.29) is 11.8 Å². The molecule has 0 radical (unpaired) electrons. The fourth-order valence-corrected chi connectivity index (χ4v) is 2.86. The summed E-state index contributed by atoms with van der Waals surface area (Å²) in [5.41, 5.74) is -0.136. The number of nitrogens with zero attached hydrogens (tertiary/aromatic N) is 1. The molecule has 5 heteroatoms. The van der Waals surface area contributed by atoms with Gasteiger partial charge in [0.1, 0.15) is 5.01 Å². The predicted molar refractivity (Wildman–Crippen MR) is 53.0 cm³/mol. The fraction of sp³-hybridized carbons (Fsp3) is 0.500. The van der Waals surface area contributed by atoms with Crippen LogP contribution in [0.25, 0.3) is 0 Å². The summed E-state index contributed by atoms with van der Waals surface area (Å²) in [4.78, 5) is 14.8. The van der Waals surface area contributed by atoms with Crippen LogP contribution in [-0.2, 0) is 10.2 Å². The van der Waals surface area contributed by atoms with Gasteiger partial charge in [-0.2, -0.15) is 0 Å². The molecule has 1 aromatic rings. The van der Waals surface area contributed by atoms with Gasteiger partial charge in [-0.15, -0.1) is 11.3 Å². The second kappa shape index (κ2) is 3.06. The van der Waals surface area contributed by atoms with Crippen molar-refractivity contribution in [2.75, 3.05) is 0 Å². The zero-order chi connectivity index (χ0) is 9.47. The molecule has 1 fully saturated rings. The molecule has 0 aromatic carbocycles. The molecular weight excluding hydrogens is 254 g/mol. The van der Waals surface area contributed by atoms with Crippen LogP contribution in [0.3, 0.4) is 0 Å². The number of carboxylic acid groups (broad SMARTS) is 1. The van der Waals surface area contributed by atoms with Crippen molar-refractivity contribution < 1.29 is 9.90 Å². The minimum atomic E-state index is -0.733. The summed E-state index contributed by atoms with van der Waals surface area (Å²) in [6.45, 7) is 0. The van der Waals surface area contributed by atoms with Gasteiger partial charge in [0.15, 0.2) is 0 Å². The van der Waals surface area contributed by atoms with Crippen molar-refractivity contribution in [2.24, 2.45) is 0 Å². The Morgan fingerprint density at radius 2 is 2.46 bits per heavy atom. The Labute approximate surface area is 87.9 Å². The van der Waals surface area contributed by atoms with Crippen molar-refractivity contribution in [1.82, 2.24) is 4.98 Å². The third-order valence-corrected chi connectivity index (χ3v) is 4.00. The Morgan fingerprint density at radius 3 is 2.85 bits per heavy atom. The van der Waals surface area contributed by atoms with E-state index in [9.17, 15) is 4.79 Å². The molecule has 1 heterocycles. The van der Waals surface area contributed by atoms with Crippen LogP contribution in [0.2, 0.25) is 0 Å². The maximum atomic E-state index is 10.6. The highest BCUT2D eigenvalue weighted by Crippen LogP contribution is 2.52. The van der Waals surface area contributed by atoms with Crippen LogP contribution in [0.15, 0.2) is 9.98 Å². The van der Waals surface area contributed by atoms with E-state index in [4.69, 9.17) is 5.11 Å². The third-order valence-electron chi connectivity index (χ3n) is 2.27. The van der Waals surface area contributed by atoms with Gasteiger partial charge in [0.25, 0.3) is 0 Å². The molecule has 13 heavy (non-hydrogen) atoms. The second-order valence-electron chi connectivity index (χ2n) is 3.32. The molecule has 0 atom stereocenters. The van der Waals surface area contributed by atoms with E-state index in [1.54, 1.807) is 17.5 Å². The Morgan fingerprint density at radius 1 is 1.77 bits per heavy atom. The zero-order valence-corrected chi connectivity index (χ0v) is 9.19. The summed E-state index contributed by atoms with van der Waals surface area (Å²) >= 11 is 4.87. The van der Waals surface area contributed by atoms with Crippen LogP contribution >= 0.6 is 27.3 Å². The summed E-state index contributed by atoms with van der Waals surface area (Å²) in [6, 6.07) is 0. The molecule has 0 amide bonds. The third kappa shape index (κ3) is 1.76. The van der Waals surface area contributed by atoms with Crippen LogP contribution < -0.4 is 0 Å². The van der Waals surface area contributed by atoms with Gasteiger partial charge in [-0.25, -0.2) is 4.98 Å². The van der Waals surface area contributed by atoms with Crippen molar-refractivity contribution in [3.63, 3.8) is 0 Å². The summed E-state index contributed by atoms with van der Waals surface area (Å²) in [5.74, 6) is -0.733. The van der Waals surface area contributed by atoms with Gasteiger partial charge in [0, 0.05) is 5.41 Å². The average Bonchev–Trinajstić information content (AvgIpc) is 2.65. The van der Waals surface area contributed by atoms with Gasteiger partial charge in [0.05, 0.1) is 16.4 Å². The number of halogens is 1. The van der Waals surface area contributed by atoms with Crippen LogP contribution in [-0.4, -0.2) is 16.1 Å². The summed E-state index contributed by atoms with van der Waals surface area (Å²) < 4.78 is 0.971. The van der Waals surface area contributed by atoms with E-state index in [0.29, 0.717) is 0 Å². The number of hydrogen-bond donors (Lipinski definition) is 1. The Balaban J connectivity index is 2.20. The minimum Gasteiger partial charge on any atom is -0.481 e. The van der Waals surface area contributed by atoms with Crippen LogP contribution in [0.4, 0.5) is 0 Å². The van der Waals surface area contributed by atoms with E-state index in [1.807, 2.05) is 0 Å². The van der Waals surface area contributed by atoms with E-state index in [0.717, 1.165) is 21.6 Å². The highest BCUT2D eigenvalue weighted by atomic mass is 79.9. The molecular formula is C8H8BrNO2S. The van der Waals surface area contributed by atoms with Crippen molar-refractivity contribution in [3.05, 3.63) is 15.0 Å². The topological polar surface area (TPSA) is 50.2 Å². The second-order valence-corrected chi connectivity index (χ2v) is 5.73. The van der Waals surface area contributed by atoms with E-state index < -0.39 is 5.97 Å². The lowest BCUT2D eigenvalue weighted by molar-refractivity contribution is -0.137. The lowest BCUT2D eigenvalue weighted by Gasteiger charge is -2.06. The molecule has 1 saturated carbocycles. The van der Waals surface area contributed by atoms with Gasteiger partial charge in [-0.3, -0.25) is 4.79 Å². The summed E-state index contributed by atoms with van der Waals surface area (Å²) in [7, 11) is 0. The van der Waals surface area contributed by atoms with Crippen LogP contribution in [0.1, 0.15) is 24.3 Å². The molecule has 1 aliphatic carbocycles. The van der Waals surface area contributed by atoms with Gasteiger partial charge in [-0.1, -0.05) is 0 Å². The number of aliphatic carboxylic acids is 1. The molecule has 0 bridgehead atoms. The SMILES string of the molecule is O=C(O)CC1(c2ncc(Br)s2)CC1. The summed E-state index contributed by atoms with van der Waals surface area (Å²) in [6.07, 6.45) is 3.87. The standard InChI is InChI=1S/C8H8BrNO2S/c9-5-4-10-7(13-5)8(1-2-8)3-6(11)12/h4H,1-3H2,(H,11,12). The molecule has 3 nitrogen and oxygen atoms in total. The molecule has 2 rings (SSSR count). The first-order valence-corrected chi connectivity index (χ1v) is 5.57. The Kier molecular flexibility index (Phi) is 2.15. The normalized spacial score (nSPS) is 18.5. The lowest BCUT2D eigenvalue weighted by Crippen LogP contribution is -2.12. The number of thiazole rings is 1. The van der Waals surface area contributed by atoms with Gasteiger partial charge in [0.2, 0.25) is 0 Å². The van der Waals surface area contributed by atoms with Crippen molar-refractivity contribution in [3.8, 4) is 0 Å². The van der Waals surface area contributed by atoms with Crippen molar-refractivity contribution in [2.45, 2.75) is 24.7 Å². The number of carboxylic acids is 1. The smallest absolute Gasteiger partial charge is 0.304 e. The van der Waals surface area contributed by atoms with E-state index in [2.05, 4.69) is 20.9 Å². The number of rotatable bonds is 3. The van der Waals surface area contributed by atoms with Crippen molar-refractivity contribution >= 4 is 33.2 Å². The molecule has 0 spiro atoms. The molecule has 0 saturated heterocycles. The number of aromatic nitrogens is 1. The van der Waals surface area contributed by atoms with Gasteiger partial charge < -0.3 is 5.11 Å².